The third-order valence-corrected chi connectivity index (χ3v) is 6.16. The van der Waals surface area contributed by atoms with Crippen LogP contribution in [0.5, 0.6) is 0 Å². The second-order valence-electron chi connectivity index (χ2n) is 8.27. The quantitative estimate of drug-likeness (QED) is 0.533. The fourth-order valence-electron chi connectivity index (χ4n) is 4.60. The van der Waals surface area contributed by atoms with Gasteiger partial charge in [-0.1, -0.05) is 6.07 Å². The molecule has 168 valence electrons. The minimum atomic E-state index is -4.41. The van der Waals surface area contributed by atoms with Crippen LogP contribution in [0.2, 0.25) is 0 Å². The number of fused-ring (bicyclic) bond motifs is 1. The number of rotatable bonds is 4. The summed E-state index contributed by atoms with van der Waals surface area (Å²) in [5, 5.41) is 0. The van der Waals surface area contributed by atoms with Crippen LogP contribution in [0, 0.1) is 5.82 Å². The van der Waals surface area contributed by atoms with Gasteiger partial charge < -0.3 is 4.57 Å². The Labute approximate surface area is 182 Å². The van der Waals surface area contributed by atoms with Crippen molar-refractivity contribution in [1.29, 1.82) is 0 Å². The number of alkyl halides is 3. The molecule has 3 aromatic rings. The van der Waals surface area contributed by atoms with Crippen LogP contribution in [0.15, 0.2) is 49.1 Å². The van der Waals surface area contributed by atoms with Gasteiger partial charge >= 0.3 is 6.18 Å². The number of aromatic nitrogens is 3. The van der Waals surface area contributed by atoms with E-state index in [0.29, 0.717) is 23.5 Å². The summed E-state index contributed by atoms with van der Waals surface area (Å²) in [7, 11) is 0. The van der Waals surface area contributed by atoms with Crippen molar-refractivity contribution < 1.29 is 17.6 Å². The van der Waals surface area contributed by atoms with Gasteiger partial charge in [-0.25, -0.2) is 20.2 Å². The summed E-state index contributed by atoms with van der Waals surface area (Å²) in [5.74, 6) is -0.0483. The van der Waals surface area contributed by atoms with Crippen LogP contribution < -0.4 is 16.4 Å². The molecule has 1 fully saturated rings. The Balaban J connectivity index is 1.36. The molecule has 6 nitrogen and oxygen atoms in total. The zero-order valence-electron chi connectivity index (χ0n) is 17.0. The third kappa shape index (κ3) is 4.13. The predicted octanol–water partition coefficient (Wildman–Crippen LogP) is 3.79. The Morgan fingerprint density at radius 3 is 2.78 bits per heavy atom. The number of nitrogens with zero attached hydrogens (tertiary/aromatic N) is 3. The van der Waals surface area contributed by atoms with Gasteiger partial charge in [-0.15, -0.1) is 0 Å². The van der Waals surface area contributed by atoms with Crippen LogP contribution in [0.3, 0.4) is 0 Å². The van der Waals surface area contributed by atoms with Crippen molar-refractivity contribution in [2.75, 3.05) is 0 Å². The number of imidazole rings is 1. The van der Waals surface area contributed by atoms with Crippen molar-refractivity contribution in [3.05, 3.63) is 71.6 Å². The number of nitrogens with one attached hydrogen (secondary N) is 3. The number of hydrogen-bond donors (Lipinski definition) is 3. The molecule has 3 heterocycles. The topological polar surface area (TPSA) is 66.8 Å². The van der Waals surface area contributed by atoms with Gasteiger partial charge in [0.15, 0.2) is 0 Å². The van der Waals surface area contributed by atoms with E-state index in [-0.39, 0.29) is 11.7 Å². The average molecular weight is 446 g/mol. The number of halogens is 4. The van der Waals surface area contributed by atoms with E-state index in [4.69, 9.17) is 0 Å². The zero-order chi connectivity index (χ0) is 22.3. The highest BCUT2D eigenvalue weighted by Gasteiger charge is 2.48. The Morgan fingerprint density at radius 1 is 1.06 bits per heavy atom. The van der Waals surface area contributed by atoms with Gasteiger partial charge in [0.05, 0.1) is 18.1 Å². The molecule has 5 rings (SSSR count). The second-order valence-corrected chi connectivity index (χ2v) is 8.27. The zero-order valence-corrected chi connectivity index (χ0v) is 17.0. The number of hydrogen-bond acceptors (Lipinski definition) is 5. The molecule has 0 amide bonds. The van der Waals surface area contributed by atoms with Gasteiger partial charge in [0.2, 0.25) is 0 Å². The number of pyridine rings is 1. The van der Waals surface area contributed by atoms with Gasteiger partial charge in [-0.05, 0) is 60.2 Å². The molecule has 3 N–H and O–H groups in total. The van der Waals surface area contributed by atoms with Gasteiger partial charge in [0, 0.05) is 24.9 Å². The summed E-state index contributed by atoms with van der Waals surface area (Å²) in [6.45, 7) is 0.650. The first-order chi connectivity index (χ1) is 15.4. The van der Waals surface area contributed by atoms with Gasteiger partial charge in [-0.3, -0.25) is 4.98 Å². The van der Waals surface area contributed by atoms with Gasteiger partial charge in [0.1, 0.15) is 17.6 Å². The molecule has 3 unspecified atom stereocenters. The Kier molecular flexibility index (Phi) is 5.44. The van der Waals surface area contributed by atoms with Crippen molar-refractivity contribution in [2.45, 2.75) is 50.0 Å². The Bertz CT molecular complexity index is 1110. The summed E-state index contributed by atoms with van der Waals surface area (Å²) in [5.41, 5.74) is 10.9. The van der Waals surface area contributed by atoms with Crippen LogP contribution in [-0.4, -0.2) is 26.8 Å². The van der Waals surface area contributed by atoms with Crippen molar-refractivity contribution in [2.24, 2.45) is 0 Å². The molecule has 2 aliphatic rings. The number of hydrazine groups is 2. The molecular weight excluding hydrogens is 424 g/mol. The molecule has 3 atom stereocenters. The van der Waals surface area contributed by atoms with E-state index in [1.54, 1.807) is 24.5 Å². The van der Waals surface area contributed by atoms with Crippen molar-refractivity contribution in [1.82, 2.24) is 30.9 Å². The summed E-state index contributed by atoms with van der Waals surface area (Å²) in [6.07, 6.45) is 3.55. The highest BCUT2D eigenvalue weighted by Crippen LogP contribution is 2.34. The lowest BCUT2D eigenvalue weighted by molar-refractivity contribution is -0.156. The monoisotopic (exact) mass is 446 g/mol. The fourth-order valence-corrected chi connectivity index (χ4v) is 4.60. The summed E-state index contributed by atoms with van der Waals surface area (Å²) < 4.78 is 55.6. The Morgan fingerprint density at radius 2 is 1.94 bits per heavy atom. The molecule has 1 saturated heterocycles. The molecule has 0 spiro atoms. The molecule has 0 bridgehead atoms. The molecule has 0 saturated carbocycles. The van der Waals surface area contributed by atoms with Gasteiger partial charge in [0.25, 0.3) is 0 Å². The van der Waals surface area contributed by atoms with Crippen LogP contribution in [0.4, 0.5) is 17.6 Å². The fraction of sp³-hybridized carbons (Fsp3) is 0.364. The van der Waals surface area contributed by atoms with E-state index in [1.807, 2.05) is 16.8 Å². The van der Waals surface area contributed by atoms with E-state index in [2.05, 4.69) is 26.4 Å². The SMILES string of the molecule is Fc1ccc2c(c1)C(Cn1cnc(-c3cc(C4NNNC4C(F)(F)F)ccn3)c1)CCC2. The molecule has 2 aromatic heterocycles. The predicted molar refractivity (Wildman–Crippen MR) is 110 cm³/mol. The normalized spacial score (nSPS) is 23.3. The second kappa shape index (κ2) is 8.27. The number of aryl methyl sites for hydroxylation is 1. The van der Waals surface area contributed by atoms with Crippen molar-refractivity contribution >= 4 is 0 Å². The standard InChI is InChI=1S/C22H22F4N6/c23-16-5-4-13-2-1-3-15(17(13)9-16)10-32-11-19(28-12-32)18-8-14(6-7-27-18)20-21(22(24,25)26)30-31-29-20/h4-9,11-12,15,20-21,29-31H,1-3,10H2. The molecule has 1 aliphatic carbocycles. The lowest BCUT2D eigenvalue weighted by Crippen LogP contribution is -2.43. The molecule has 32 heavy (non-hydrogen) atoms. The van der Waals surface area contributed by atoms with E-state index in [9.17, 15) is 17.6 Å². The minimum Gasteiger partial charge on any atom is -0.336 e. The Hall–Kier alpha value is -2.82. The summed E-state index contributed by atoms with van der Waals surface area (Å²) in [6, 6.07) is 5.40. The molecule has 1 aliphatic heterocycles. The first kappa shape index (κ1) is 21.0. The molecular formula is C22H22F4N6. The molecule has 10 heteroatoms. The van der Waals surface area contributed by atoms with Crippen molar-refractivity contribution in [3.8, 4) is 11.4 Å². The first-order valence-electron chi connectivity index (χ1n) is 10.5. The summed E-state index contributed by atoms with van der Waals surface area (Å²) in [4.78, 5) is 8.71. The van der Waals surface area contributed by atoms with E-state index >= 15 is 0 Å². The van der Waals surface area contributed by atoms with E-state index < -0.39 is 18.3 Å². The highest BCUT2D eigenvalue weighted by atomic mass is 19.4. The molecule has 0 radical (unpaired) electrons. The van der Waals surface area contributed by atoms with Crippen molar-refractivity contribution in [3.63, 3.8) is 0 Å². The van der Waals surface area contributed by atoms with Crippen LogP contribution in [-0.2, 0) is 13.0 Å². The lowest BCUT2D eigenvalue weighted by atomic mass is 9.82. The van der Waals surface area contributed by atoms with Crippen LogP contribution in [0.1, 0.15) is 41.5 Å². The first-order valence-corrected chi connectivity index (χ1v) is 10.5. The maximum absolute atomic E-state index is 13.8. The smallest absolute Gasteiger partial charge is 0.336 e. The maximum atomic E-state index is 13.8. The lowest BCUT2D eigenvalue weighted by Gasteiger charge is -2.25. The maximum Gasteiger partial charge on any atom is 0.407 e. The number of benzene rings is 1. The largest absolute Gasteiger partial charge is 0.407 e. The van der Waals surface area contributed by atoms with Crippen LogP contribution >= 0.6 is 0 Å². The highest BCUT2D eigenvalue weighted by molar-refractivity contribution is 5.54. The minimum absolute atomic E-state index is 0.183. The van der Waals surface area contributed by atoms with E-state index in [1.165, 1.54) is 17.8 Å². The summed E-state index contributed by atoms with van der Waals surface area (Å²) >= 11 is 0. The van der Waals surface area contributed by atoms with Gasteiger partial charge in [-0.2, -0.15) is 18.7 Å². The van der Waals surface area contributed by atoms with Crippen LogP contribution in [0.25, 0.3) is 11.4 Å². The average Bonchev–Trinajstić information content (AvgIpc) is 3.44. The van der Waals surface area contributed by atoms with E-state index in [0.717, 1.165) is 24.8 Å². The molecule has 1 aromatic carbocycles. The third-order valence-electron chi connectivity index (χ3n) is 6.16.